The smallest absolute Gasteiger partial charge is 0.345 e. The number of nitrogens with one attached hydrogen (secondary N) is 1. The van der Waals surface area contributed by atoms with Gasteiger partial charge in [0.1, 0.15) is 0 Å². The summed E-state index contributed by atoms with van der Waals surface area (Å²) in [5.41, 5.74) is 3.41. The summed E-state index contributed by atoms with van der Waals surface area (Å²) >= 11 is 11.9. The molecule has 0 spiro atoms. The van der Waals surface area contributed by atoms with Crippen molar-refractivity contribution in [2.24, 2.45) is 5.10 Å². The number of benzene rings is 3. The molecule has 0 saturated heterocycles. The van der Waals surface area contributed by atoms with Crippen LogP contribution in [0.15, 0.2) is 53.6 Å². The third kappa shape index (κ3) is 6.18. The number of hydrazone groups is 1. The highest BCUT2D eigenvalue weighted by Gasteiger charge is 2.18. The van der Waals surface area contributed by atoms with Gasteiger partial charge >= 0.3 is 5.97 Å². The first kappa shape index (κ1) is 26.7. The van der Waals surface area contributed by atoms with Crippen molar-refractivity contribution in [3.63, 3.8) is 0 Å². The fourth-order valence-corrected chi connectivity index (χ4v) is 3.59. The van der Waals surface area contributed by atoms with Gasteiger partial charge in [-0.05, 0) is 54.1 Å². The summed E-state index contributed by atoms with van der Waals surface area (Å²) in [6, 6.07) is 12.2. The van der Waals surface area contributed by atoms with E-state index in [2.05, 4.69) is 10.5 Å². The number of carbonyl (C=O) groups is 2. The number of rotatable bonds is 9. The Morgan fingerprint density at radius 2 is 1.47 bits per heavy atom. The minimum absolute atomic E-state index is 0.156. The zero-order chi connectivity index (χ0) is 26.2. The number of halogens is 2. The molecule has 0 bridgehead atoms. The van der Waals surface area contributed by atoms with Gasteiger partial charge in [-0.15, -0.1) is 0 Å². The minimum Gasteiger partial charge on any atom is -0.493 e. The van der Waals surface area contributed by atoms with E-state index >= 15 is 0 Å². The molecule has 11 heteroatoms. The Morgan fingerprint density at radius 1 is 0.806 bits per heavy atom. The highest BCUT2D eigenvalue weighted by atomic mass is 35.5. The zero-order valence-corrected chi connectivity index (χ0v) is 21.3. The monoisotopic (exact) mass is 532 g/mol. The number of hydrogen-bond donors (Lipinski definition) is 1. The predicted octanol–water partition coefficient (Wildman–Crippen LogP) is 5.01. The summed E-state index contributed by atoms with van der Waals surface area (Å²) in [5.74, 6) is 0.310. The summed E-state index contributed by atoms with van der Waals surface area (Å²) in [6.07, 6.45) is 1.40. The molecule has 0 saturated carbocycles. The Kier molecular flexibility index (Phi) is 8.99. The van der Waals surface area contributed by atoms with E-state index in [4.69, 9.17) is 46.9 Å². The molecule has 0 aliphatic carbocycles. The summed E-state index contributed by atoms with van der Waals surface area (Å²) in [4.78, 5) is 25.1. The average Bonchev–Trinajstić information content (AvgIpc) is 2.88. The molecule has 0 fully saturated rings. The van der Waals surface area contributed by atoms with Crippen molar-refractivity contribution in [3.05, 3.63) is 75.3 Å². The van der Waals surface area contributed by atoms with Gasteiger partial charge in [0, 0.05) is 10.6 Å². The van der Waals surface area contributed by atoms with E-state index in [0.717, 1.165) is 0 Å². The molecule has 0 aromatic heterocycles. The van der Waals surface area contributed by atoms with Crippen LogP contribution in [0.5, 0.6) is 28.7 Å². The Morgan fingerprint density at radius 3 is 2.06 bits per heavy atom. The molecule has 0 atom stereocenters. The number of esters is 1. The maximum atomic E-state index is 12.6. The molecule has 36 heavy (non-hydrogen) atoms. The van der Waals surface area contributed by atoms with Crippen LogP contribution >= 0.6 is 23.2 Å². The highest BCUT2D eigenvalue weighted by molar-refractivity contribution is 6.36. The molecular weight excluding hydrogens is 511 g/mol. The second-order valence-corrected chi connectivity index (χ2v) is 7.88. The van der Waals surface area contributed by atoms with Crippen LogP contribution in [0.4, 0.5) is 0 Å². The van der Waals surface area contributed by atoms with Gasteiger partial charge in [-0.2, -0.15) is 5.10 Å². The quantitative estimate of drug-likeness (QED) is 0.178. The van der Waals surface area contributed by atoms with Crippen LogP contribution in [0.1, 0.15) is 26.3 Å². The molecule has 0 unspecified atom stereocenters. The van der Waals surface area contributed by atoms with E-state index in [1.54, 1.807) is 12.1 Å². The van der Waals surface area contributed by atoms with Crippen LogP contribution in [0.3, 0.4) is 0 Å². The van der Waals surface area contributed by atoms with Crippen LogP contribution in [-0.2, 0) is 0 Å². The van der Waals surface area contributed by atoms with Gasteiger partial charge in [-0.3, -0.25) is 4.79 Å². The highest BCUT2D eigenvalue weighted by Crippen LogP contribution is 2.38. The largest absolute Gasteiger partial charge is 0.493 e. The molecule has 0 aliphatic heterocycles. The number of methoxy groups -OCH3 is 4. The lowest BCUT2D eigenvalue weighted by Crippen LogP contribution is -2.18. The first-order valence-corrected chi connectivity index (χ1v) is 11.1. The van der Waals surface area contributed by atoms with Crippen LogP contribution in [0, 0.1) is 0 Å². The number of ether oxygens (including phenoxy) is 5. The summed E-state index contributed by atoms with van der Waals surface area (Å²) in [5, 5.41) is 4.54. The molecular formula is C25H22Cl2N2O7. The molecule has 0 radical (unpaired) electrons. The third-order valence-corrected chi connectivity index (χ3v) is 5.40. The summed E-state index contributed by atoms with van der Waals surface area (Å²) < 4.78 is 26.5. The van der Waals surface area contributed by atoms with Crippen molar-refractivity contribution in [2.45, 2.75) is 0 Å². The zero-order valence-electron chi connectivity index (χ0n) is 19.8. The Balaban J connectivity index is 1.72. The van der Waals surface area contributed by atoms with E-state index in [9.17, 15) is 9.59 Å². The molecule has 3 aromatic rings. The molecule has 188 valence electrons. The topological polar surface area (TPSA) is 105 Å². The first-order valence-electron chi connectivity index (χ1n) is 10.3. The van der Waals surface area contributed by atoms with Gasteiger partial charge in [0.15, 0.2) is 23.0 Å². The van der Waals surface area contributed by atoms with Crippen LogP contribution < -0.4 is 29.1 Å². The summed E-state index contributed by atoms with van der Waals surface area (Å²) in [7, 11) is 5.80. The summed E-state index contributed by atoms with van der Waals surface area (Å²) in [6.45, 7) is 0. The molecule has 9 nitrogen and oxygen atoms in total. The van der Waals surface area contributed by atoms with Gasteiger partial charge in [0.05, 0.1) is 45.2 Å². The third-order valence-electron chi connectivity index (χ3n) is 4.85. The van der Waals surface area contributed by atoms with Gasteiger partial charge in [0.2, 0.25) is 5.75 Å². The predicted molar refractivity (Wildman–Crippen MR) is 136 cm³/mol. The maximum absolute atomic E-state index is 12.6. The van der Waals surface area contributed by atoms with Crippen molar-refractivity contribution >= 4 is 41.3 Å². The normalized spacial score (nSPS) is 10.6. The number of hydrogen-bond acceptors (Lipinski definition) is 8. The van der Waals surface area contributed by atoms with Gasteiger partial charge in [-0.1, -0.05) is 23.2 Å². The van der Waals surface area contributed by atoms with Crippen LogP contribution in [0.2, 0.25) is 10.0 Å². The lowest BCUT2D eigenvalue weighted by Gasteiger charge is -2.13. The number of carbonyl (C=O) groups excluding carboxylic acids is 2. The number of amides is 1. The molecule has 3 rings (SSSR count). The Bertz CT molecular complexity index is 1290. The van der Waals surface area contributed by atoms with Gasteiger partial charge in [0.25, 0.3) is 5.91 Å². The second kappa shape index (κ2) is 12.1. The molecule has 0 aliphatic rings. The molecule has 0 heterocycles. The number of nitrogens with zero attached hydrogens (tertiary/aromatic N) is 1. The Labute approximate surface area is 217 Å². The van der Waals surface area contributed by atoms with Crippen molar-refractivity contribution < 1.29 is 33.3 Å². The van der Waals surface area contributed by atoms with Crippen LogP contribution in [0.25, 0.3) is 0 Å². The van der Waals surface area contributed by atoms with E-state index in [1.165, 1.54) is 71.1 Å². The molecule has 3 aromatic carbocycles. The van der Waals surface area contributed by atoms with Crippen molar-refractivity contribution in [1.29, 1.82) is 0 Å². The van der Waals surface area contributed by atoms with Gasteiger partial charge in [-0.25, -0.2) is 10.2 Å². The lowest BCUT2D eigenvalue weighted by molar-refractivity contribution is 0.0729. The van der Waals surface area contributed by atoms with E-state index in [0.29, 0.717) is 27.8 Å². The van der Waals surface area contributed by atoms with Crippen molar-refractivity contribution in [1.82, 2.24) is 5.43 Å². The molecule has 1 amide bonds. The minimum atomic E-state index is -0.672. The standard InChI is InChI=1S/C25H22Cl2N2O7/c1-32-20-9-14(5-8-19(20)36-25(31)17-7-6-16(26)12-18(17)27)13-28-29-24(30)15-10-21(33-2)23(35-4)22(11-15)34-3/h5-13H,1-4H3,(H,29,30). The first-order chi connectivity index (χ1) is 17.3. The van der Waals surface area contributed by atoms with E-state index < -0.39 is 11.9 Å². The van der Waals surface area contributed by atoms with Crippen molar-refractivity contribution in [3.8, 4) is 28.7 Å². The average molecular weight is 533 g/mol. The van der Waals surface area contributed by atoms with Crippen molar-refractivity contribution in [2.75, 3.05) is 28.4 Å². The lowest BCUT2D eigenvalue weighted by atomic mass is 10.1. The second-order valence-electron chi connectivity index (χ2n) is 7.04. The Hall–Kier alpha value is -3.95. The van der Waals surface area contributed by atoms with E-state index in [-0.39, 0.29) is 27.6 Å². The maximum Gasteiger partial charge on any atom is 0.345 e. The van der Waals surface area contributed by atoms with Crippen LogP contribution in [-0.4, -0.2) is 46.5 Å². The fraction of sp³-hybridized carbons (Fsp3) is 0.160. The van der Waals surface area contributed by atoms with E-state index in [1.807, 2.05) is 0 Å². The molecule has 1 N–H and O–H groups in total. The fourth-order valence-electron chi connectivity index (χ4n) is 3.10. The van der Waals surface area contributed by atoms with Gasteiger partial charge < -0.3 is 23.7 Å². The SMILES string of the molecule is COc1cc(C=NNC(=O)c2cc(OC)c(OC)c(OC)c2)ccc1OC(=O)c1ccc(Cl)cc1Cl.